The largest absolute Gasteiger partial charge is 0.507 e. The van der Waals surface area contributed by atoms with Crippen molar-refractivity contribution in [2.45, 2.75) is 39.5 Å². The lowest BCUT2D eigenvalue weighted by atomic mass is 9.95. The number of benzene rings is 4. The van der Waals surface area contributed by atoms with Crippen molar-refractivity contribution in [1.29, 1.82) is 0 Å². The molecule has 0 unspecified atom stereocenters. The van der Waals surface area contributed by atoms with Crippen LogP contribution in [0.4, 0.5) is 0 Å². The summed E-state index contributed by atoms with van der Waals surface area (Å²) < 4.78 is 11.9. The van der Waals surface area contributed by atoms with Crippen LogP contribution in [0.1, 0.15) is 48.6 Å². The molecule has 1 amide bonds. The molecule has 1 heterocycles. The fraction of sp³-hybridized carbons (Fsp3) is 0.263. The van der Waals surface area contributed by atoms with Crippen molar-refractivity contribution in [1.82, 2.24) is 9.80 Å². The monoisotopic (exact) mass is 604 g/mol. The van der Waals surface area contributed by atoms with Crippen LogP contribution in [0.5, 0.6) is 11.5 Å². The summed E-state index contributed by atoms with van der Waals surface area (Å²) in [6.45, 7) is 8.07. The molecule has 0 radical (unpaired) electrons. The van der Waals surface area contributed by atoms with Gasteiger partial charge in [-0.3, -0.25) is 9.59 Å². The number of likely N-dealkylation sites (tertiary alicyclic amines) is 1. The van der Waals surface area contributed by atoms with Crippen LogP contribution in [0.25, 0.3) is 5.76 Å². The van der Waals surface area contributed by atoms with E-state index in [1.54, 1.807) is 29.2 Å². The smallest absolute Gasteiger partial charge is 0.295 e. The normalized spacial score (nSPS) is 15.9. The van der Waals surface area contributed by atoms with Crippen molar-refractivity contribution in [2.24, 2.45) is 0 Å². The third kappa shape index (κ3) is 7.80. The summed E-state index contributed by atoms with van der Waals surface area (Å²) in [5.74, 6) is -0.187. The van der Waals surface area contributed by atoms with Crippen molar-refractivity contribution in [3.63, 3.8) is 0 Å². The number of hydrogen-bond acceptors (Lipinski definition) is 6. The van der Waals surface area contributed by atoms with Gasteiger partial charge in [-0.2, -0.15) is 0 Å². The molecule has 0 spiro atoms. The second kappa shape index (κ2) is 15.2. The molecule has 4 aromatic carbocycles. The number of Topliss-reactive ketones (excluding diaryl/α,β-unsaturated/α-hetero) is 1. The summed E-state index contributed by atoms with van der Waals surface area (Å²) in [5, 5.41) is 11.5. The van der Waals surface area contributed by atoms with Crippen LogP contribution in [0, 0.1) is 0 Å². The molecule has 232 valence electrons. The van der Waals surface area contributed by atoms with Gasteiger partial charge in [0.25, 0.3) is 11.7 Å². The van der Waals surface area contributed by atoms with E-state index in [1.807, 2.05) is 84.9 Å². The number of hydrogen-bond donors (Lipinski definition) is 1. The molecule has 1 N–H and O–H groups in total. The van der Waals surface area contributed by atoms with Gasteiger partial charge < -0.3 is 24.4 Å². The molecule has 45 heavy (non-hydrogen) atoms. The maximum absolute atomic E-state index is 13.5. The zero-order valence-electron chi connectivity index (χ0n) is 25.9. The van der Waals surface area contributed by atoms with Crippen LogP contribution >= 0.6 is 0 Å². The van der Waals surface area contributed by atoms with Crippen LogP contribution in [0.3, 0.4) is 0 Å². The first-order valence-corrected chi connectivity index (χ1v) is 15.5. The molecular formula is C38H40N2O5. The van der Waals surface area contributed by atoms with E-state index in [9.17, 15) is 14.7 Å². The number of rotatable bonds is 14. The highest BCUT2D eigenvalue weighted by Gasteiger charge is 2.45. The third-order valence-corrected chi connectivity index (χ3v) is 8.13. The first-order chi connectivity index (χ1) is 22.0. The van der Waals surface area contributed by atoms with Gasteiger partial charge in [-0.25, -0.2) is 0 Å². The van der Waals surface area contributed by atoms with E-state index < -0.39 is 17.7 Å². The second-order valence-corrected chi connectivity index (χ2v) is 11.0. The Morgan fingerprint density at radius 3 is 1.76 bits per heavy atom. The van der Waals surface area contributed by atoms with E-state index in [-0.39, 0.29) is 11.3 Å². The van der Waals surface area contributed by atoms with E-state index in [2.05, 4.69) is 18.7 Å². The van der Waals surface area contributed by atoms with E-state index in [0.29, 0.717) is 43.2 Å². The Bertz CT molecular complexity index is 1580. The lowest BCUT2D eigenvalue weighted by Gasteiger charge is -2.27. The topological polar surface area (TPSA) is 79.3 Å². The molecule has 1 atom stereocenters. The zero-order chi connectivity index (χ0) is 31.6. The Labute approximate surface area is 265 Å². The highest BCUT2D eigenvalue weighted by atomic mass is 16.5. The maximum Gasteiger partial charge on any atom is 0.295 e. The number of carbonyl (C=O) groups excluding carboxylic acids is 2. The molecule has 1 aliphatic rings. The van der Waals surface area contributed by atoms with Crippen molar-refractivity contribution in [2.75, 3.05) is 26.2 Å². The molecule has 7 nitrogen and oxygen atoms in total. The molecule has 0 saturated carbocycles. The quantitative estimate of drug-likeness (QED) is 0.0949. The van der Waals surface area contributed by atoms with Gasteiger partial charge >= 0.3 is 0 Å². The highest BCUT2D eigenvalue weighted by Crippen LogP contribution is 2.40. The second-order valence-electron chi connectivity index (χ2n) is 11.0. The molecular weight excluding hydrogens is 564 g/mol. The van der Waals surface area contributed by atoms with E-state index in [1.165, 1.54) is 0 Å². The summed E-state index contributed by atoms with van der Waals surface area (Å²) >= 11 is 0. The van der Waals surface area contributed by atoms with Gasteiger partial charge in [0.15, 0.2) is 0 Å². The molecule has 5 rings (SSSR count). The number of carbonyl (C=O) groups is 2. The van der Waals surface area contributed by atoms with E-state index in [4.69, 9.17) is 9.47 Å². The number of ketones is 1. The van der Waals surface area contributed by atoms with Crippen molar-refractivity contribution in [3.8, 4) is 11.5 Å². The minimum atomic E-state index is -0.723. The maximum atomic E-state index is 13.5. The Kier molecular flexibility index (Phi) is 10.7. The summed E-state index contributed by atoms with van der Waals surface area (Å²) in [7, 11) is 0. The van der Waals surface area contributed by atoms with Gasteiger partial charge in [-0.05, 0) is 79.1 Å². The average molecular weight is 605 g/mol. The summed E-state index contributed by atoms with van der Waals surface area (Å²) in [6, 6.07) is 33.4. The molecule has 0 bridgehead atoms. The van der Waals surface area contributed by atoms with Crippen LogP contribution in [0.2, 0.25) is 0 Å². The molecule has 1 fully saturated rings. The molecule has 4 aromatic rings. The molecule has 7 heteroatoms. The van der Waals surface area contributed by atoms with Crippen molar-refractivity contribution >= 4 is 17.4 Å². The van der Waals surface area contributed by atoms with Crippen LogP contribution in [0.15, 0.2) is 115 Å². The predicted octanol–water partition coefficient (Wildman–Crippen LogP) is 7.00. The first-order valence-electron chi connectivity index (χ1n) is 15.5. The SMILES string of the molecule is CCN(CC)CCCN1C(=O)C(=O)C(=C(O)c2ccc(OCc3ccccc3)cc2)[C@H]1c1ccc(OCc2ccccc2)cc1. The van der Waals surface area contributed by atoms with Gasteiger partial charge in [0.05, 0.1) is 11.6 Å². The Balaban J connectivity index is 1.40. The number of ether oxygens (including phenoxy) is 2. The lowest BCUT2D eigenvalue weighted by molar-refractivity contribution is -0.140. The fourth-order valence-corrected chi connectivity index (χ4v) is 5.55. The van der Waals surface area contributed by atoms with Gasteiger partial charge in [0.1, 0.15) is 30.5 Å². The summed E-state index contributed by atoms with van der Waals surface area (Å²) in [6.07, 6.45) is 0.705. The zero-order valence-corrected chi connectivity index (χ0v) is 25.9. The van der Waals surface area contributed by atoms with E-state index in [0.717, 1.165) is 36.3 Å². The number of aliphatic hydroxyl groups excluding tert-OH is 1. The van der Waals surface area contributed by atoms with Crippen LogP contribution in [-0.4, -0.2) is 52.8 Å². The summed E-state index contributed by atoms with van der Waals surface area (Å²) in [4.78, 5) is 30.8. The van der Waals surface area contributed by atoms with Gasteiger partial charge in [0, 0.05) is 12.1 Å². The molecule has 0 aliphatic carbocycles. The first kappa shape index (κ1) is 31.5. The lowest BCUT2D eigenvalue weighted by Crippen LogP contribution is -2.33. The number of amides is 1. The average Bonchev–Trinajstić information content (AvgIpc) is 3.34. The minimum Gasteiger partial charge on any atom is -0.507 e. The fourth-order valence-electron chi connectivity index (χ4n) is 5.55. The number of aliphatic hydroxyl groups is 1. The van der Waals surface area contributed by atoms with Gasteiger partial charge in [-0.1, -0.05) is 86.6 Å². The van der Waals surface area contributed by atoms with E-state index >= 15 is 0 Å². The predicted molar refractivity (Wildman–Crippen MR) is 176 cm³/mol. The van der Waals surface area contributed by atoms with Gasteiger partial charge in [-0.15, -0.1) is 0 Å². The van der Waals surface area contributed by atoms with Crippen LogP contribution < -0.4 is 9.47 Å². The van der Waals surface area contributed by atoms with Crippen LogP contribution in [-0.2, 0) is 22.8 Å². The number of nitrogens with zero attached hydrogens (tertiary/aromatic N) is 2. The highest BCUT2D eigenvalue weighted by molar-refractivity contribution is 6.46. The molecule has 0 aromatic heterocycles. The summed E-state index contributed by atoms with van der Waals surface area (Å²) in [5.41, 5.74) is 3.35. The Hall–Kier alpha value is -4.88. The van der Waals surface area contributed by atoms with Crippen molar-refractivity contribution in [3.05, 3.63) is 137 Å². The molecule has 1 saturated heterocycles. The van der Waals surface area contributed by atoms with Crippen molar-refractivity contribution < 1.29 is 24.2 Å². The van der Waals surface area contributed by atoms with Gasteiger partial charge in [0.2, 0.25) is 0 Å². The Morgan fingerprint density at radius 2 is 1.24 bits per heavy atom. The third-order valence-electron chi connectivity index (χ3n) is 8.13. The standard InChI is InChI=1S/C38H40N2O5/c1-3-39(4-2)24-11-25-40-35(30-16-20-32(21-17-30)44-26-28-12-7-5-8-13-28)34(37(42)38(40)43)36(41)31-18-22-33(23-19-31)45-27-29-14-9-6-10-15-29/h5-10,12-23,35,41H,3-4,11,24-27H2,1-2H3/t35-/m1/s1. The Morgan fingerprint density at radius 1 is 0.733 bits per heavy atom. The minimum absolute atomic E-state index is 0.0822. The molecule has 1 aliphatic heterocycles.